The van der Waals surface area contributed by atoms with E-state index in [0.717, 1.165) is 31.9 Å². The van der Waals surface area contributed by atoms with Crippen molar-refractivity contribution in [1.82, 2.24) is 5.32 Å². The summed E-state index contributed by atoms with van der Waals surface area (Å²) in [6.07, 6.45) is 2.84. The van der Waals surface area contributed by atoms with Crippen molar-refractivity contribution in [3.8, 4) is 0 Å². The Bertz CT molecular complexity index is 280. The van der Waals surface area contributed by atoms with E-state index in [1.54, 1.807) is 13.4 Å². The van der Waals surface area contributed by atoms with E-state index in [9.17, 15) is 0 Å². The molecule has 2 unspecified atom stereocenters. The molecule has 2 heterocycles. The van der Waals surface area contributed by atoms with Crippen LogP contribution in [0.25, 0.3) is 0 Å². The molecule has 4 nitrogen and oxygen atoms in total. The monoisotopic (exact) mass is 225 g/mol. The highest BCUT2D eigenvalue weighted by molar-refractivity contribution is 5.04. The van der Waals surface area contributed by atoms with Crippen molar-refractivity contribution < 1.29 is 13.9 Å². The lowest BCUT2D eigenvalue weighted by molar-refractivity contribution is 0.151. The maximum Gasteiger partial charge on any atom is 0.123 e. The molecule has 16 heavy (non-hydrogen) atoms. The zero-order valence-electron chi connectivity index (χ0n) is 9.65. The summed E-state index contributed by atoms with van der Waals surface area (Å²) >= 11 is 0. The fourth-order valence-corrected chi connectivity index (χ4v) is 1.95. The second-order valence-corrected chi connectivity index (χ2v) is 4.16. The first kappa shape index (κ1) is 11.6. The smallest absolute Gasteiger partial charge is 0.123 e. The second kappa shape index (κ2) is 6.03. The predicted molar refractivity (Wildman–Crippen MR) is 60.3 cm³/mol. The molecule has 0 aliphatic carbocycles. The Kier molecular flexibility index (Phi) is 4.39. The largest absolute Gasteiger partial charge is 0.468 e. The van der Waals surface area contributed by atoms with Crippen molar-refractivity contribution in [3.63, 3.8) is 0 Å². The summed E-state index contributed by atoms with van der Waals surface area (Å²) in [6, 6.07) is 4.01. The first-order valence-electron chi connectivity index (χ1n) is 5.73. The average molecular weight is 225 g/mol. The van der Waals surface area contributed by atoms with Crippen LogP contribution in [0.2, 0.25) is 0 Å². The zero-order chi connectivity index (χ0) is 11.2. The highest BCUT2D eigenvalue weighted by Crippen LogP contribution is 2.16. The fraction of sp³-hybridized carbons (Fsp3) is 0.667. The molecule has 0 aromatic carbocycles. The van der Waals surface area contributed by atoms with Crippen molar-refractivity contribution in [2.24, 2.45) is 5.92 Å². The number of furan rings is 1. The van der Waals surface area contributed by atoms with Crippen LogP contribution < -0.4 is 5.32 Å². The third-order valence-corrected chi connectivity index (χ3v) is 2.90. The van der Waals surface area contributed by atoms with Crippen LogP contribution >= 0.6 is 0 Å². The summed E-state index contributed by atoms with van der Waals surface area (Å²) in [7, 11) is 1.70. The van der Waals surface area contributed by atoms with Crippen molar-refractivity contribution in [2.45, 2.75) is 12.5 Å². The summed E-state index contributed by atoms with van der Waals surface area (Å²) in [5.74, 6) is 1.55. The van der Waals surface area contributed by atoms with Crippen LogP contribution in [0.3, 0.4) is 0 Å². The molecule has 1 aromatic rings. The molecule has 0 amide bonds. The number of hydrogen-bond acceptors (Lipinski definition) is 4. The average Bonchev–Trinajstić information content (AvgIpc) is 2.96. The van der Waals surface area contributed by atoms with E-state index in [1.807, 2.05) is 12.1 Å². The van der Waals surface area contributed by atoms with Crippen LogP contribution in [0.5, 0.6) is 0 Å². The molecule has 0 radical (unpaired) electrons. The maximum absolute atomic E-state index is 5.39. The van der Waals surface area contributed by atoms with Crippen LogP contribution in [0, 0.1) is 5.92 Å². The van der Waals surface area contributed by atoms with E-state index in [0.29, 0.717) is 12.5 Å². The molecule has 1 saturated heterocycles. The van der Waals surface area contributed by atoms with Crippen molar-refractivity contribution >= 4 is 0 Å². The standard InChI is InChI=1S/C12H19NO3/c1-14-9-11(12-3-2-5-16-12)13-7-10-4-6-15-8-10/h2-3,5,10-11,13H,4,6-9H2,1H3. The highest BCUT2D eigenvalue weighted by atomic mass is 16.5. The first-order valence-corrected chi connectivity index (χ1v) is 5.73. The first-order chi connectivity index (χ1) is 7.90. The van der Waals surface area contributed by atoms with E-state index < -0.39 is 0 Å². The van der Waals surface area contributed by atoms with E-state index in [4.69, 9.17) is 13.9 Å². The molecule has 90 valence electrons. The van der Waals surface area contributed by atoms with Gasteiger partial charge in [-0.15, -0.1) is 0 Å². The number of rotatable bonds is 6. The number of nitrogens with one attached hydrogen (secondary N) is 1. The van der Waals surface area contributed by atoms with Gasteiger partial charge in [-0.05, 0) is 24.5 Å². The predicted octanol–water partition coefficient (Wildman–Crippen LogP) is 1.59. The third-order valence-electron chi connectivity index (χ3n) is 2.90. The van der Waals surface area contributed by atoms with E-state index >= 15 is 0 Å². The fourth-order valence-electron chi connectivity index (χ4n) is 1.95. The molecule has 4 heteroatoms. The third kappa shape index (κ3) is 3.07. The molecule has 1 aliphatic rings. The quantitative estimate of drug-likeness (QED) is 0.798. The summed E-state index contributed by atoms with van der Waals surface area (Å²) in [5, 5.41) is 3.47. The zero-order valence-corrected chi connectivity index (χ0v) is 9.65. The van der Waals surface area contributed by atoms with Gasteiger partial charge in [0.1, 0.15) is 5.76 Å². The van der Waals surface area contributed by atoms with Gasteiger partial charge in [0.15, 0.2) is 0 Å². The SMILES string of the molecule is COCC(NCC1CCOC1)c1ccco1. The Labute approximate surface area is 95.9 Å². The van der Waals surface area contributed by atoms with Crippen molar-refractivity contribution in [1.29, 1.82) is 0 Å². The Morgan fingerprint density at radius 3 is 3.19 bits per heavy atom. The van der Waals surface area contributed by atoms with Gasteiger partial charge < -0.3 is 19.2 Å². The molecule has 1 N–H and O–H groups in total. The molecular formula is C12H19NO3. The Balaban J connectivity index is 1.82. The van der Waals surface area contributed by atoms with Crippen molar-refractivity contribution in [2.75, 3.05) is 33.5 Å². The van der Waals surface area contributed by atoms with Gasteiger partial charge in [0.05, 0.1) is 25.5 Å². The lowest BCUT2D eigenvalue weighted by Gasteiger charge is -2.17. The minimum absolute atomic E-state index is 0.139. The summed E-state index contributed by atoms with van der Waals surface area (Å²) in [5.41, 5.74) is 0. The molecule has 0 bridgehead atoms. The molecule has 2 rings (SSSR count). The lowest BCUT2D eigenvalue weighted by atomic mass is 10.1. The Morgan fingerprint density at radius 2 is 2.56 bits per heavy atom. The highest BCUT2D eigenvalue weighted by Gasteiger charge is 2.19. The van der Waals surface area contributed by atoms with Crippen LogP contribution in [-0.4, -0.2) is 33.5 Å². The topological polar surface area (TPSA) is 43.6 Å². The van der Waals surface area contributed by atoms with Gasteiger partial charge in [-0.1, -0.05) is 0 Å². The second-order valence-electron chi connectivity index (χ2n) is 4.16. The summed E-state index contributed by atoms with van der Waals surface area (Å²) < 4.78 is 15.9. The lowest BCUT2D eigenvalue weighted by Crippen LogP contribution is -2.30. The maximum atomic E-state index is 5.39. The van der Waals surface area contributed by atoms with Gasteiger partial charge in [-0.3, -0.25) is 0 Å². The van der Waals surface area contributed by atoms with Gasteiger partial charge in [0.2, 0.25) is 0 Å². The van der Waals surface area contributed by atoms with Gasteiger partial charge in [-0.2, -0.15) is 0 Å². The number of hydrogen-bond donors (Lipinski definition) is 1. The van der Waals surface area contributed by atoms with Crippen LogP contribution in [0.1, 0.15) is 18.2 Å². The van der Waals surface area contributed by atoms with E-state index in [1.165, 1.54) is 0 Å². The summed E-state index contributed by atoms with van der Waals surface area (Å²) in [4.78, 5) is 0. The number of methoxy groups -OCH3 is 1. The minimum Gasteiger partial charge on any atom is -0.468 e. The van der Waals surface area contributed by atoms with E-state index in [-0.39, 0.29) is 6.04 Å². The van der Waals surface area contributed by atoms with Gasteiger partial charge in [0, 0.05) is 20.3 Å². The minimum atomic E-state index is 0.139. The molecule has 1 aliphatic heterocycles. The van der Waals surface area contributed by atoms with Crippen LogP contribution in [0.4, 0.5) is 0 Å². The Hall–Kier alpha value is -0.840. The molecule has 1 aromatic heterocycles. The molecule has 0 spiro atoms. The van der Waals surface area contributed by atoms with Gasteiger partial charge in [0.25, 0.3) is 0 Å². The van der Waals surface area contributed by atoms with E-state index in [2.05, 4.69) is 5.32 Å². The Morgan fingerprint density at radius 1 is 1.62 bits per heavy atom. The molecular weight excluding hydrogens is 206 g/mol. The number of ether oxygens (including phenoxy) is 2. The van der Waals surface area contributed by atoms with Gasteiger partial charge in [-0.25, -0.2) is 0 Å². The molecule has 1 fully saturated rings. The molecule has 2 atom stereocenters. The molecule has 0 saturated carbocycles. The van der Waals surface area contributed by atoms with Gasteiger partial charge >= 0.3 is 0 Å². The van der Waals surface area contributed by atoms with Crippen LogP contribution in [-0.2, 0) is 9.47 Å². The summed E-state index contributed by atoms with van der Waals surface area (Å²) in [6.45, 7) is 3.34. The van der Waals surface area contributed by atoms with Crippen molar-refractivity contribution in [3.05, 3.63) is 24.2 Å². The van der Waals surface area contributed by atoms with Crippen LogP contribution in [0.15, 0.2) is 22.8 Å². The normalized spacial score (nSPS) is 22.4.